The largest absolute Gasteiger partial charge is 0.469 e. The van der Waals surface area contributed by atoms with Crippen LogP contribution in [-0.4, -0.2) is 25.0 Å². The number of halogens is 1. The van der Waals surface area contributed by atoms with E-state index in [1.165, 1.54) is 12.0 Å². The fourth-order valence-electron chi connectivity index (χ4n) is 2.97. The van der Waals surface area contributed by atoms with Gasteiger partial charge in [0.05, 0.1) is 25.0 Å². The Hall–Kier alpha value is -2.08. The van der Waals surface area contributed by atoms with Crippen LogP contribution in [0.15, 0.2) is 45.5 Å². The van der Waals surface area contributed by atoms with Gasteiger partial charge >= 0.3 is 5.97 Å². The van der Waals surface area contributed by atoms with Crippen molar-refractivity contribution in [2.24, 2.45) is 0 Å². The number of methoxy groups -OCH3 is 1. The first-order valence-electron chi connectivity index (χ1n) is 7.22. The Morgan fingerprint density at radius 1 is 1.39 bits per heavy atom. The summed E-state index contributed by atoms with van der Waals surface area (Å²) < 4.78 is 11.1. The maximum Gasteiger partial charge on any atom is 0.329 e. The van der Waals surface area contributed by atoms with E-state index in [0.717, 1.165) is 10.0 Å². The molecule has 0 unspecified atom stereocenters. The summed E-state index contributed by atoms with van der Waals surface area (Å²) in [5.41, 5.74) is 1.72. The highest BCUT2D eigenvalue weighted by Gasteiger charge is 2.48. The fourth-order valence-corrected chi connectivity index (χ4v) is 3.66. The number of carbonyl (C=O) groups excluding carboxylic acids is 2. The summed E-state index contributed by atoms with van der Waals surface area (Å²) >= 11 is 3.48. The van der Waals surface area contributed by atoms with Gasteiger partial charge in [0.25, 0.3) is 0 Å². The lowest BCUT2D eigenvalue weighted by Gasteiger charge is -2.26. The van der Waals surface area contributed by atoms with Gasteiger partial charge < -0.3 is 9.15 Å². The minimum atomic E-state index is -0.738. The third-order valence-corrected chi connectivity index (χ3v) is 4.67. The molecule has 1 saturated heterocycles. The molecule has 1 aliphatic heterocycles. The molecule has 1 aromatic heterocycles. The van der Waals surface area contributed by atoms with Crippen molar-refractivity contribution in [3.63, 3.8) is 0 Å². The molecule has 1 aromatic carbocycles. The van der Waals surface area contributed by atoms with Crippen molar-refractivity contribution in [1.29, 1.82) is 0 Å². The monoisotopic (exact) mass is 377 g/mol. The smallest absolute Gasteiger partial charge is 0.329 e. The molecular weight excluding hydrogens is 362 g/mol. The predicted molar refractivity (Wildman–Crippen MR) is 88.2 cm³/mol. The van der Waals surface area contributed by atoms with Crippen LogP contribution >= 0.6 is 15.9 Å². The Bertz CT molecular complexity index is 741. The summed E-state index contributed by atoms with van der Waals surface area (Å²) in [7, 11) is 1.33. The molecule has 5 nitrogen and oxygen atoms in total. The number of benzene rings is 1. The number of rotatable bonds is 3. The van der Waals surface area contributed by atoms with Crippen LogP contribution in [0.5, 0.6) is 0 Å². The fraction of sp³-hybridized carbons (Fsp3) is 0.294. The zero-order valence-corrected chi connectivity index (χ0v) is 14.4. The molecule has 0 aliphatic carbocycles. The van der Waals surface area contributed by atoms with Crippen molar-refractivity contribution in [2.75, 3.05) is 12.0 Å². The molecule has 23 heavy (non-hydrogen) atoms. The van der Waals surface area contributed by atoms with Crippen LogP contribution in [0.3, 0.4) is 0 Å². The molecule has 1 aliphatic rings. The normalized spacial score (nSPS) is 20.8. The molecule has 120 valence electrons. The van der Waals surface area contributed by atoms with E-state index in [2.05, 4.69) is 15.9 Å². The van der Waals surface area contributed by atoms with Crippen molar-refractivity contribution in [1.82, 2.24) is 0 Å². The topological polar surface area (TPSA) is 59.8 Å². The maximum absolute atomic E-state index is 12.6. The van der Waals surface area contributed by atoms with Gasteiger partial charge in [-0.3, -0.25) is 9.69 Å². The van der Waals surface area contributed by atoms with E-state index >= 15 is 0 Å². The Kier molecular flexibility index (Phi) is 4.26. The molecular formula is C17H16BrNO4. The summed E-state index contributed by atoms with van der Waals surface area (Å²) in [5, 5.41) is 0. The molecule has 1 amide bonds. The predicted octanol–water partition coefficient (Wildman–Crippen LogP) is 3.41. The summed E-state index contributed by atoms with van der Waals surface area (Å²) in [6.45, 7) is 1.96. The molecule has 2 heterocycles. The lowest BCUT2D eigenvalue weighted by Crippen LogP contribution is -2.41. The number of carbonyl (C=O) groups is 2. The van der Waals surface area contributed by atoms with E-state index in [9.17, 15) is 9.59 Å². The second-order valence-corrected chi connectivity index (χ2v) is 6.37. The highest BCUT2D eigenvalue weighted by atomic mass is 79.9. The van der Waals surface area contributed by atoms with Gasteiger partial charge in [-0.1, -0.05) is 6.07 Å². The summed E-state index contributed by atoms with van der Waals surface area (Å²) in [6, 6.07) is 8.44. The Balaban J connectivity index is 2.07. The number of esters is 1. The van der Waals surface area contributed by atoms with E-state index in [1.54, 1.807) is 18.4 Å². The van der Waals surface area contributed by atoms with Crippen molar-refractivity contribution in [3.8, 4) is 0 Å². The van der Waals surface area contributed by atoms with Crippen molar-refractivity contribution in [3.05, 3.63) is 52.4 Å². The molecule has 0 N–H and O–H groups in total. The highest BCUT2D eigenvalue weighted by molar-refractivity contribution is 9.10. The van der Waals surface area contributed by atoms with Crippen LogP contribution in [0, 0.1) is 6.92 Å². The SMILES string of the molecule is COC(=O)[C@@H]1[C@@H](c2ccco2)CC(=O)N1c1ccc(C)cc1Br. The van der Waals surface area contributed by atoms with Gasteiger partial charge in [-0.25, -0.2) is 4.79 Å². The quantitative estimate of drug-likeness (QED) is 0.768. The number of nitrogens with zero attached hydrogens (tertiary/aromatic N) is 1. The number of amides is 1. The van der Waals surface area contributed by atoms with Crippen LogP contribution < -0.4 is 4.90 Å². The van der Waals surface area contributed by atoms with Crippen LogP contribution in [-0.2, 0) is 14.3 Å². The lowest BCUT2D eigenvalue weighted by molar-refractivity contribution is -0.142. The van der Waals surface area contributed by atoms with Crippen LogP contribution in [0.2, 0.25) is 0 Å². The van der Waals surface area contributed by atoms with E-state index in [4.69, 9.17) is 9.15 Å². The molecule has 1 fully saturated rings. The van der Waals surface area contributed by atoms with E-state index in [1.807, 2.05) is 25.1 Å². The van der Waals surface area contributed by atoms with Gasteiger partial charge in [-0.05, 0) is 52.7 Å². The Labute approximate surface area is 142 Å². The van der Waals surface area contributed by atoms with E-state index < -0.39 is 12.0 Å². The third-order valence-electron chi connectivity index (χ3n) is 4.04. The summed E-state index contributed by atoms with van der Waals surface area (Å²) in [5.74, 6) is -0.339. The first-order chi connectivity index (χ1) is 11.0. The summed E-state index contributed by atoms with van der Waals surface area (Å²) in [4.78, 5) is 26.5. The third kappa shape index (κ3) is 2.79. The van der Waals surface area contributed by atoms with Gasteiger partial charge in [0.1, 0.15) is 11.8 Å². The zero-order chi connectivity index (χ0) is 16.6. The van der Waals surface area contributed by atoms with Crippen LogP contribution in [0.1, 0.15) is 23.7 Å². The molecule has 0 radical (unpaired) electrons. The van der Waals surface area contributed by atoms with Gasteiger partial charge in [-0.2, -0.15) is 0 Å². The number of furan rings is 1. The number of aryl methyl sites for hydroxylation is 1. The van der Waals surface area contributed by atoms with Crippen molar-refractivity contribution >= 4 is 33.5 Å². The average molecular weight is 378 g/mol. The van der Waals surface area contributed by atoms with Crippen molar-refractivity contribution < 1.29 is 18.7 Å². The Morgan fingerprint density at radius 2 is 2.17 bits per heavy atom. The number of hydrogen-bond donors (Lipinski definition) is 0. The number of anilines is 1. The van der Waals surface area contributed by atoms with E-state index in [0.29, 0.717) is 11.4 Å². The molecule has 2 atom stereocenters. The second-order valence-electron chi connectivity index (χ2n) is 5.51. The van der Waals surface area contributed by atoms with Crippen LogP contribution in [0.25, 0.3) is 0 Å². The van der Waals surface area contributed by atoms with Gasteiger partial charge in [0.2, 0.25) is 5.91 Å². The van der Waals surface area contributed by atoms with Gasteiger partial charge in [-0.15, -0.1) is 0 Å². The van der Waals surface area contributed by atoms with Crippen molar-refractivity contribution in [2.45, 2.75) is 25.3 Å². The van der Waals surface area contributed by atoms with Crippen LogP contribution in [0.4, 0.5) is 5.69 Å². The first-order valence-corrected chi connectivity index (χ1v) is 8.01. The maximum atomic E-state index is 12.6. The summed E-state index contributed by atoms with van der Waals surface area (Å²) in [6.07, 6.45) is 1.74. The first kappa shape index (κ1) is 15.8. The number of hydrogen-bond acceptors (Lipinski definition) is 4. The van der Waals surface area contributed by atoms with Gasteiger partial charge in [0, 0.05) is 10.9 Å². The molecule has 0 bridgehead atoms. The Morgan fingerprint density at radius 3 is 2.78 bits per heavy atom. The standard InChI is InChI=1S/C17H16BrNO4/c1-10-5-6-13(12(18)8-10)19-15(20)9-11(14-4-3-7-23-14)16(19)17(21)22-2/h3-8,11,16H,9H2,1-2H3/t11-,16+/m1/s1. The minimum Gasteiger partial charge on any atom is -0.469 e. The molecule has 6 heteroatoms. The molecule has 0 saturated carbocycles. The molecule has 2 aromatic rings. The minimum absolute atomic E-state index is 0.133. The van der Waals surface area contributed by atoms with E-state index in [-0.39, 0.29) is 18.2 Å². The van der Waals surface area contributed by atoms with Gasteiger partial charge in [0.15, 0.2) is 0 Å². The lowest BCUT2D eigenvalue weighted by atomic mass is 9.97. The zero-order valence-electron chi connectivity index (χ0n) is 12.8. The second kappa shape index (κ2) is 6.20. The average Bonchev–Trinajstić information content (AvgIpc) is 3.14. The highest BCUT2D eigenvalue weighted by Crippen LogP contribution is 2.41. The molecule has 0 spiro atoms. The number of ether oxygens (including phenoxy) is 1. The molecule has 3 rings (SSSR count).